The first-order chi connectivity index (χ1) is 11.1. The molecule has 7 heteroatoms. The van der Waals surface area contributed by atoms with E-state index >= 15 is 0 Å². The number of ether oxygens (including phenoxy) is 1. The van der Waals surface area contributed by atoms with E-state index in [9.17, 15) is 4.79 Å². The number of hydrogen-bond donors (Lipinski definition) is 1. The van der Waals surface area contributed by atoms with Gasteiger partial charge < -0.3 is 10.1 Å². The van der Waals surface area contributed by atoms with Crippen molar-refractivity contribution in [2.24, 2.45) is 0 Å². The van der Waals surface area contributed by atoms with Crippen LogP contribution in [-0.4, -0.2) is 10.9 Å². The van der Waals surface area contributed by atoms with E-state index in [4.69, 9.17) is 16.3 Å². The molecule has 0 fully saturated rings. The lowest BCUT2D eigenvalue weighted by Crippen LogP contribution is -2.12. The third kappa shape index (κ3) is 4.10. The van der Waals surface area contributed by atoms with Gasteiger partial charge >= 0.3 is 0 Å². The second-order valence-corrected chi connectivity index (χ2v) is 6.68. The van der Waals surface area contributed by atoms with E-state index in [1.165, 1.54) is 11.3 Å². The fourth-order valence-corrected chi connectivity index (χ4v) is 3.05. The van der Waals surface area contributed by atoms with Crippen molar-refractivity contribution in [3.8, 4) is 10.9 Å². The Balaban J connectivity index is 1.70. The van der Waals surface area contributed by atoms with Crippen LogP contribution in [0.3, 0.4) is 0 Å². The summed E-state index contributed by atoms with van der Waals surface area (Å²) in [6.45, 7) is 0. The summed E-state index contributed by atoms with van der Waals surface area (Å²) in [6, 6.07) is 12.1. The van der Waals surface area contributed by atoms with Gasteiger partial charge in [0.05, 0.1) is 10.7 Å². The number of thiazole rings is 1. The predicted molar refractivity (Wildman–Crippen MR) is 95.7 cm³/mol. The van der Waals surface area contributed by atoms with E-state index in [1.807, 2.05) is 11.4 Å². The molecule has 0 radical (unpaired) electrons. The lowest BCUT2D eigenvalue weighted by molar-refractivity contribution is 0.102. The Morgan fingerprint density at radius 1 is 1.22 bits per heavy atom. The van der Waals surface area contributed by atoms with Crippen LogP contribution in [0.5, 0.6) is 10.9 Å². The number of aromatic nitrogens is 1. The molecule has 2 aromatic carbocycles. The molecule has 1 heterocycles. The molecule has 0 aliphatic rings. The molecule has 0 saturated heterocycles. The zero-order valence-corrected chi connectivity index (χ0v) is 14.8. The zero-order chi connectivity index (χ0) is 16.2. The maximum atomic E-state index is 12.2. The molecule has 1 N–H and O–H groups in total. The van der Waals surface area contributed by atoms with Crippen LogP contribution in [-0.2, 0) is 0 Å². The molecule has 23 heavy (non-hydrogen) atoms. The number of carbonyl (C=O) groups is 1. The molecule has 3 rings (SSSR count). The Morgan fingerprint density at radius 3 is 2.65 bits per heavy atom. The first-order valence-corrected chi connectivity index (χ1v) is 8.61. The van der Waals surface area contributed by atoms with Gasteiger partial charge in [0.25, 0.3) is 11.1 Å². The predicted octanol–water partition coefficient (Wildman–Crippen LogP) is 5.60. The fourth-order valence-electron chi connectivity index (χ4n) is 1.82. The number of rotatable bonds is 4. The van der Waals surface area contributed by atoms with Gasteiger partial charge in [0, 0.05) is 21.6 Å². The lowest BCUT2D eigenvalue weighted by Gasteiger charge is -2.08. The van der Waals surface area contributed by atoms with E-state index in [2.05, 4.69) is 26.2 Å². The number of amides is 1. The Bertz CT molecular complexity index is 823. The molecular formula is C16H10BrClN2O2S. The summed E-state index contributed by atoms with van der Waals surface area (Å²) in [5.41, 5.74) is 1.07. The van der Waals surface area contributed by atoms with Gasteiger partial charge in [-0.05, 0) is 42.5 Å². The summed E-state index contributed by atoms with van der Waals surface area (Å²) < 4.78 is 6.40. The molecule has 0 spiro atoms. The minimum atomic E-state index is -0.241. The topological polar surface area (TPSA) is 51.2 Å². The van der Waals surface area contributed by atoms with E-state index in [0.717, 1.165) is 4.47 Å². The summed E-state index contributed by atoms with van der Waals surface area (Å²) in [5, 5.41) is 5.64. The van der Waals surface area contributed by atoms with Gasteiger partial charge in [0.15, 0.2) is 0 Å². The van der Waals surface area contributed by atoms with Crippen molar-refractivity contribution < 1.29 is 9.53 Å². The third-order valence-corrected chi connectivity index (χ3v) is 4.36. The first kappa shape index (κ1) is 16.0. The average molecular weight is 410 g/mol. The standard InChI is InChI=1S/C16H10BrClN2O2S/c17-11-3-6-14(13(18)9-11)20-15(21)10-1-4-12(5-2-10)22-16-19-7-8-23-16/h1-9H,(H,20,21). The van der Waals surface area contributed by atoms with Crippen LogP contribution in [0, 0.1) is 0 Å². The number of carbonyl (C=O) groups excluding carboxylic acids is 1. The van der Waals surface area contributed by atoms with Gasteiger partial charge in [-0.25, -0.2) is 4.98 Å². The van der Waals surface area contributed by atoms with E-state index in [-0.39, 0.29) is 5.91 Å². The molecular weight excluding hydrogens is 400 g/mol. The number of benzene rings is 2. The highest BCUT2D eigenvalue weighted by molar-refractivity contribution is 9.10. The molecule has 4 nitrogen and oxygen atoms in total. The molecule has 1 aromatic heterocycles. The minimum absolute atomic E-state index is 0.241. The van der Waals surface area contributed by atoms with Gasteiger partial charge in [-0.1, -0.05) is 38.9 Å². The number of anilines is 1. The quantitative estimate of drug-likeness (QED) is 0.610. The summed E-state index contributed by atoms with van der Waals surface area (Å²) in [4.78, 5) is 16.3. The highest BCUT2D eigenvalue weighted by Gasteiger charge is 2.09. The summed E-state index contributed by atoms with van der Waals surface area (Å²) in [5.74, 6) is 0.383. The van der Waals surface area contributed by atoms with Crippen molar-refractivity contribution >= 4 is 50.5 Å². The zero-order valence-electron chi connectivity index (χ0n) is 11.6. The number of nitrogens with one attached hydrogen (secondary N) is 1. The normalized spacial score (nSPS) is 10.3. The maximum absolute atomic E-state index is 12.2. The lowest BCUT2D eigenvalue weighted by atomic mass is 10.2. The fraction of sp³-hybridized carbons (Fsp3) is 0. The van der Waals surface area contributed by atoms with Crippen LogP contribution in [0.25, 0.3) is 0 Å². The first-order valence-electron chi connectivity index (χ1n) is 6.55. The molecule has 116 valence electrons. The molecule has 0 unspecified atom stereocenters. The summed E-state index contributed by atoms with van der Waals surface area (Å²) >= 11 is 10.8. The Labute approximate surface area is 150 Å². The van der Waals surface area contributed by atoms with Crippen LogP contribution in [0.4, 0.5) is 5.69 Å². The minimum Gasteiger partial charge on any atom is -0.431 e. The van der Waals surface area contributed by atoms with E-state index < -0.39 is 0 Å². The second kappa shape index (κ2) is 7.12. The Morgan fingerprint density at radius 2 is 2.00 bits per heavy atom. The Kier molecular flexibility index (Phi) is 4.95. The number of nitrogens with zero attached hydrogens (tertiary/aromatic N) is 1. The van der Waals surface area contributed by atoms with Crippen LogP contribution >= 0.6 is 38.9 Å². The van der Waals surface area contributed by atoms with Gasteiger partial charge in [-0.15, -0.1) is 0 Å². The highest BCUT2D eigenvalue weighted by atomic mass is 79.9. The monoisotopic (exact) mass is 408 g/mol. The molecule has 0 saturated carbocycles. The molecule has 0 atom stereocenters. The number of halogens is 2. The van der Waals surface area contributed by atoms with Crippen molar-refractivity contribution in [1.82, 2.24) is 4.98 Å². The molecule has 3 aromatic rings. The SMILES string of the molecule is O=C(Nc1ccc(Br)cc1Cl)c1ccc(Oc2nccs2)cc1. The van der Waals surface area contributed by atoms with Crippen LogP contribution < -0.4 is 10.1 Å². The van der Waals surface area contributed by atoms with E-state index in [1.54, 1.807) is 42.6 Å². The Hall–Kier alpha value is -1.89. The van der Waals surface area contributed by atoms with Crippen molar-refractivity contribution in [3.05, 3.63) is 69.1 Å². The van der Waals surface area contributed by atoms with Crippen LogP contribution in [0.15, 0.2) is 58.5 Å². The van der Waals surface area contributed by atoms with Crippen molar-refractivity contribution in [2.75, 3.05) is 5.32 Å². The van der Waals surface area contributed by atoms with Crippen LogP contribution in [0.1, 0.15) is 10.4 Å². The largest absolute Gasteiger partial charge is 0.431 e. The summed E-state index contributed by atoms with van der Waals surface area (Å²) in [6.07, 6.45) is 1.67. The molecule has 1 amide bonds. The third-order valence-electron chi connectivity index (χ3n) is 2.91. The molecule has 0 bridgehead atoms. The summed E-state index contributed by atoms with van der Waals surface area (Å²) in [7, 11) is 0. The molecule has 0 aliphatic heterocycles. The van der Waals surface area contributed by atoms with Crippen molar-refractivity contribution in [3.63, 3.8) is 0 Å². The van der Waals surface area contributed by atoms with Gasteiger partial charge in [0.2, 0.25) is 0 Å². The van der Waals surface area contributed by atoms with E-state index in [0.29, 0.717) is 27.2 Å². The van der Waals surface area contributed by atoms with Crippen molar-refractivity contribution in [2.45, 2.75) is 0 Å². The number of hydrogen-bond acceptors (Lipinski definition) is 4. The van der Waals surface area contributed by atoms with Crippen LogP contribution in [0.2, 0.25) is 5.02 Å². The average Bonchev–Trinajstić information content (AvgIpc) is 3.04. The smallest absolute Gasteiger partial charge is 0.278 e. The highest BCUT2D eigenvalue weighted by Crippen LogP contribution is 2.27. The maximum Gasteiger partial charge on any atom is 0.278 e. The van der Waals surface area contributed by atoms with Gasteiger partial charge in [-0.3, -0.25) is 4.79 Å². The molecule has 0 aliphatic carbocycles. The van der Waals surface area contributed by atoms with Crippen molar-refractivity contribution in [1.29, 1.82) is 0 Å². The second-order valence-electron chi connectivity index (χ2n) is 4.50. The van der Waals surface area contributed by atoms with Gasteiger partial charge in [-0.2, -0.15) is 0 Å². The van der Waals surface area contributed by atoms with Gasteiger partial charge in [0.1, 0.15) is 5.75 Å².